The van der Waals surface area contributed by atoms with Gasteiger partial charge in [0.2, 0.25) is 0 Å². The summed E-state index contributed by atoms with van der Waals surface area (Å²) in [6, 6.07) is 14.7. The fourth-order valence-corrected chi connectivity index (χ4v) is 3.04. The topological polar surface area (TPSA) is 17.1 Å². The predicted molar refractivity (Wildman–Crippen MR) is 80.2 cm³/mol. The molecule has 0 aliphatic heterocycles. The first-order valence-corrected chi connectivity index (χ1v) is 7.44. The highest BCUT2D eigenvalue weighted by Crippen LogP contribution is 2.49. The van der Waals surface area contributed by atoms with Gasteiger partial charge in [0.05, 0.1) is 9.89 Å². The van der Waals surface area contributed by atoms with E-state index < -0.39 is 0 Å². The maximum absolute atomic E-state index is 13.5. The lowest BCUT2D eigenvalue weighted by molar-refractivity contribution is -0.120. The van der Waals surface area contributed by atoms with E-state index >= 15 is 0 Å². The molecule has 0 unspecified atom stereocenters. The van der Waals surface area contributed by atoms with E-state index in [1.807, 2.05) is 30.3 Å². The molecule has 2 aromatic rings. The molecular weight excluding hydrogens is 319 g/mol. The normalized spacial score (nSPS) is 15.9. The Morgan fingerprint density at radius 2 is 1.80 bits per heavy atom. The van der Waals surface area contributed by atoms with E-state index in [0.717, 1.165) is 24.0 Å². The highest BCUT2D eigenvalue weighted by atomic mass is 79.9. The Hall–Kier alpha value is -1.48. The van der Waals surface area contributed by atoms with Gasteiger partial charge in [0.1, 0.15) is 11.6 Å². The molecule has 2 aromatic carbocycles. The van der Waals surface area contributed by atoms with Crippen molar-refractivity contribution in [1.29, 1.82) is 0 Å². The van der Waals surface area contributed by atoms with Crippen LogP contribution >= 0.6 is 15.9 Å². The molecule has 0 radical (unpaired) electrons. The summed E-state index contributed by atoms with van der Waals surface area (Å²) >= 11 is 3.22. The van der Waals surface area contributed by atoms with Crippen molar-refractivity contribution in [3.05, 3.63) is 69.9 Å². The zero-order chi connectivity index (χ0) is 14.2. The van der Waals surface area contributed by atoms with Gasteiger partial charge < -0.3 is 0 Å². The Labute approximate surface area is 126 Å². The highest BCUT2D eigenvalue weighted by Gasteiger charge is 2.50. The van der Waals surface area contributed by atoms with Crippen molar-refractivity contribution < 1.29 is 9.18 Å². The van der Waals surface area contributed by atoms with Gasteiger partial charge in [-0.15, -0.1) is 0 Å². The first-order chi connectivity index (χ1) is 9.63. The number of hydrogen-bond acceptors (Lipinski definition) is 1. The minimum absolute atomic E-state index is 0.176. The van der Waals surface area contributed by atoms with E-state index in [1.54, 1.807) is 12.1 Å². The van der Waals surface area contributed by atoms with Crippen molar-refractivity contribution in [3.63, 3.8) is 0 Å². The molecule has 0 saturated heterocycles. The fraction of sp³-hybridized carbons (Fsp3) is 0.235. The summed E-state index contributed by atoms with van der Waals surface area (Å²) in [5.74, 6) is -0.144. The number of benzene rings is 2. The summed E-state index contributed by atoms with van der Waals surface area (Å²) in [4.78, 5) is 12.6. The van der Waals surface area contributed by atoms with Crippen LogP contribution in [0.2, 0.25) is 0 Å². The third-order valence-electron chi connectivity index (χ3n) is 3.99. The van der Waals surface area contributed by atoms with Gasteiger partial charge in [0.25, 0.3) is 0 Å². The van der Waals surface area contributed by atoms with Crippen LogP contribution in [0.15, 0.2) is 53.0 Å². The molecule has 1 fully saturated rings. The van der Waals surface area contributed by atoms with Gasteiger partial charge in [0.15, 0.2) is 0 Å². The molecule has 0 atom stereocenters. The van der Waals surface area contributed by atoms with Crippen molar-refractivity contribution in [1.82, 2.24) is 0 Å². The van der Waals surface area contributed by atoms with Crippen LogP contribution in [-0.4, -0.2) is 5.78 Å². The monoisotopic (exact) mass is 332 g/mol. The molecule has 20 heavy (non-hydrogen) atoms. The van der Waals surface area contributed by atoms with Crippen LogP contribution in [0.5, 0.6) is 0 Å². The maximum Gasteiger partial charge on any atom is 0.147 e. The standard InChI is InChI=1S/C17H14BrFO/c18-16-12(5-4-8-14(16)19)11-15(20)17(9-10-17)13-6-2-1-3-7-13/h1-8H,9-11H2. The second-order valence-corrected chi connectivity index (χ2v) is 6.05. The number of hydrogen-bond donors (Lipinski definition) is 0. The van der Waals surface area contributed by atoms with Gasteiger partial charge in [-0.2, -0.15) is 0 Å². The van der Waals surface area contributed by atoms with E-state index in [-0.39, 0.29) is 23.4 Å². The van der Waals surface area contributed by atoms with Crippen molar-refractivity contribution in [3.8, 4) is 0 Å². The van der Waals surface area contributed by atoms with Crippen molar-refractivity contribution in [2.24, 2.45) is 0 Å². The summed E-state index contributed by atoms with van der Waals surface area (Å²) in [6.07, 6.45) is 2.05. The molecule has 0 heterocycles. The lowest BCUT2D eigenvalue weighted by Gasteiger charge is -2.15. The first-order valence-electron chi connectivity index (χ1n) is 6.65. The average molecular weight is 333 g/mol. The van der Waals surface area contributed by atoms with Gasteiger partial charge in [-0.1, -0.05) is 42.5 Å². The van der Waals surface area contributed by atoms with E-state index in [9.17, 15) is 9.18 Å². The number of carbonyl (C=O) groups is 1. The molecule has 0 aromatic heterocycles. The summed E-state index contributed by atoms with van der Waals surface area (Å²) in [5.41, 5.74) is 1.46. The smallest absolute Gasteiger partial charge is 0.147 e. The second-order valence-electron chi connectivity index (χ2n) is 5.26. The van der Waals surface area contributed by atoms with E-state index in [2.05, 4.69) is 15.9 Å². The molecule has 1 saturated carbocycles. The zero-order valence-electron chi connectivity index (χ0n) is 10.9. The minimum atomic E-state index is -0.340. The van der Waals surface area contributed by atoms with Gasteiger partial charge >= 0.3 is 0 Å². The molecule has 0 bridgehead atoms. The molecule has 3 heteroatoms. The first kappa shape index (κ1) is 13.5. The van der Waals surface area contributed by atoms with Crippen LogP contribution in [0.3, 0.4) is 0 Å². The highest BCUT2D eigenvalue weighted by molar-refractivity contribution is 9.10. The molecule has 1 aliphatic carbocycles. The van der Waals surface area contributed by atoms with Gasteiger partial charge in [0, 0.05) is 6.42 Å². The molecule has 1 aliphatic rings. The van der Waals surface area contributed by atoms with Gasteiger partial charge in [-0.3, -0.25) is 4.79 Å². The Morgan fingerprint density at radius 1 is 1.10 bits per heavy atom. The SMILES string of the molecule is O=C(Cc1cccc(F)c1Br)C1(c2ccccc2)CC1. The van der Waals surface area contributed by atoms with E-state index in [0.29, 0.717) is 4.47 Å². The quantitative estimate of drug-likeness (QED) is 0.809. The van der Waals surface area contributed by atoms with Crippen LogP contribution < -0.4 is 0 Å². The fourth-order valence-electron chi connectivity index (χ4n) is 2.64. The molecule has 0 N–H and O–H groups in total. The predicted octanol–water partition coefficient (Wildman–Crippen LogP) is 4.43. The lowest BCUT2D eigenvalue weighted by atomic mass is 9.88. The zero-order valence-corrected chi connectivity index (χ0v) is 12.5. The summed E-state index contributed by atoms with van der Waals surface area (Å²) in [7, 11) is 0. The number of ketones is 1. The van der Waals surface area contributed by atoms with E-state index in [1.165, 1.54) is 6.07 Å². The molecule has 1 nitrogen and oxygen atoms in total. The minimum Gasteiger partial charge on any atom is -0.298 e. The van der Waals surface area contributed by atoms with Crippen LogP contribution in [-0.2, 0) is 16.6 Å². The molecule has 3 rings (SSSR count). The molecule has 0 spiro atoms. The van der Waals surface area contributed by atoms with Crippen molar-refractivity contribution >= 4 is 21.7 Å². The average Bonchev–Trinajstić information content (AvgIpc) is 3.26. The Bertz CT molecular complexity index is 647. The van der Waals surface area contributed by atoms with Crippen molar-refractivity contribution in [2.45, 2.75) is 24.7 Å². The number of Topliss-reactive ketones (excluding diaryl/α,β-unsaturated/α-hetero) is 1. The van der Waals surface area contributed by atoms with E-state index in [4.69, 9.17) is 0 Å². The van der Waals surface area contributed by atoms with Crippen LogP contribution in [0.1, 0.15) is 24.0 Å². The van der Waals surface area contributed by atoms with Gasteiger partial charge in [-0.25, -0.2) is 4.39 Å². The number of halogens is 2. The summed E-state index contributed by atoms with van der Waals surface area (Å²) in [5, 5.41) is 0. The third kappa shape index (κ3) is 2.31. The third-order valence-corrected chi connectivity index (χ3v) is 4.88. The van der Waals surface area contributed by atoms with Crippen LogP contribution in [0.4, 0.5) is 4.39 Å². The largest absolute Gasteiger partial charge is 0.298 e. The van der Waals surface area contributed by atoms with Crippen LogP contribution in [0, 0.1) is 5.82 Å². The Kier molecular flexibility index (Phi) is 3.47. The molecule has 0 amide bonds. The Balaban J connectivity index is 1.86. The summed E-state index contributed by atoms with van der Waals surface area (Å²) in [6.45, 7) is 0. The van der Waals surface area contributed by atoms with Crippen LogP contribution in [0.25, 0.3) is 0 Å². The van der Waals surface area contributed by atoms with Crippen molar-refractivity contribution in [2.75, 3.05) is 0 Å². The molecular formula is C17H14BrFO. The molecule has 102 valence electrons. The maximum atomic E-state index is 13.5. The summed E-state index contributed by atoms with van der Waals surface area (Å²) < 4.78 is 13.9. The Morgan fingerprint density at radius 3 is 2.45 bits per heavy atom. The van der Waals surface area contributed by atoms with Gasteiger partial charge in [-0.05, 0) is 46.0 Å². The second kappa shape index (κ2) is 5.13. The lowest BCUT2D eigenvalue weighted by Crippen LogP contribution is -2.22. The number of rotatable bonds is 4. The number of carbonyl (C=O) groups excluding carboxylic acids is 1.